The number of morpholine rings is 1. The fraction of sp³-hybridized carbons (Fsp3) is 0.500. The van der Waals surface area contributed by atoms with Crippen LogP contribution in [-0.4, -0.2) is 19.2 Å². The van der Waals surface area contributed by atoms with Gasteiger partial charge >= 0.3 is 0 Å². The minimum absolute atomic E-state index is 0.217. The van der Waals surface area contributed by atoms with Crippen molar-refractivity contribution in [3.05, 3.63) is 35.2 Å². The van der Waals surface area contributed by atoms with Crippen LogP contribution in [0.1, 0.15) is 31.2 Å². The lowest BCUT2D eigenvalue weighted by atomic mass is 10.0. The van der Waals surface area contributed by atoms with Crippen LogP contribution in [0.3, 0.4) is 0 Å². The largest absolute Gasteiger partial charge is 0.367 e. The first-order chi connectivity index (χ1) is 9.22. The molecule has 19 heavy (non-hydrogen) atoms. The average molecular weight is 275 g/mol. The average Bonchev–Trinajstić information content (AvgIpc) is 2.82. The lowest BCUT2D eigenvalue weighted by Crippen LogP contribution is -2.40. The van der Waals surface area contributed by atoms with Crippen LogP contribution in [0.25, 0.3) is 10.1 Å². The fourth-order valence-electron chi connectivity index (χ4n) is 2.70. The van der Waals surface area contributed by atoms with E-state index in [4.69, 9.17) is 4.74 Å². The Kier molecular flexibility index (Phi) is 3.87. The molecule has 1 aromatic carbocycles. The van der Waals surface area contributed by atoms with Crippen molar-refractivity contribution in [2.45, 2.75) is 32.5 Å². The molecule has 0 aliphatic carbocycles. The Morgan fingerprint density at radius 3 is 2.95 bits per heavy atom. The Morgan fingerprint density at radius 1 is 1.32 bits per heavy atom. The van der Waals surface area contributed by atoms with Gasteiger partial charge in [0.15, 0.2) is 0 Å². The predicted octanol–water partition coefficient (Wildman–Crippen LogP) is 3.98. The fourth-order valence-corrected chi connectivity index (χ4v) is 3.80. The molecule has 0 bridgehead atoms. The molecule has 3 rings (SSSR count). The van der Waals surface area contributed by atoms with Crippen molar-refractivity contribution in [1.82, 2.24) is 5.32 Å². The second-order valence-electron chi connectivity index (χ2n) is 5.72. The van der Waals surface area contributed by atoms with Crippen molar-refractivity contribution < 1.29 is 4.74 Å². The van der Waals surface area contributed by atoms with Crippen LogP contribution < -0.4 is 5.32 Å². The van der Waals surface area contributed by atoms with Crippen LogP contribution in [0.5, 0.6) is 0 Å². The third-order valence-corrected chi connectivity index (χ3v) is 4.76. The van der Waals surface area contributed by atoms with Crippen LogP contribution in [0.2, 0.25) is 0 Å². The molecular weight excluding hydrogens is 254 g/mol. The first-order valence-electron chi connectivity index (χ1n) is 7.07. The van der Waals surface area contributed by atoms with E-state index >= 15 is 0 Å². The molecule has 0 saturated carbocycles. The van der Waals surface area contributed by atoms with Gasteiger partial charge in [-0.1, -0.05) is 32.0 Å². The zero-order valence-corrected chi connectivity index (χ0v) is 12.4. The molecule has 2 unspecified atom stereocenters. The molecule has 1 fully saturated rings. The predicted molar refractivity (Wildman–Crippen MR) is 81.8 cm³/mol. The maximum Gasteiger partial charge on any atom is 0.104 e. The van der Waals surface area contributed by atoms with Gasteiger partial charge in [-0.2, -0.15) is 0 Å². The Morgan fingerprint density at radius 2 is 2.16 bits per heavy atom. The van der Waals surface area contributed by atoms with Gasteiger partial charge < -0.3 is 10.1 Å². The van der Waals surface area contributed by atoms with E-state index in [2.05, 4.69) is 49.5 Å². The molecule has 1 saturated heterocycles. The minimum atomic E-state index is 0.217. The van der Waals surface area contributed by atoms with Gasteiger partial charge in [-0.15, -0.1) is 11.3 Å². The molecule has 102 valence electrons. The van der Waals surface area contributed by atoms with Gasteiger partial charge in [0, 0.05) is 22.7 Å². The molecule has 0 amide bonds. The number of thiophene rings is 1. The highest BCUT2D eigenvalue weighted by molar-refractivity contribution is 7.19. The summed E-state index contributed by atoms with van der Waals surface area (Å²) in [6.07, 6.45) is 1.70. The minimum Gasteiger partial charge on any atom is -0.367 e. The quantitative estimate of drug-likeness (QED) is 0.915. The van der Waals surface area contributed by atoms with Crippen LogP contribution >= 0.6 is 11.3 Å². The Hall–Kier alpha value is -0.900. The monoisotopic (exact) mass is 275 g/mol. The van der Waals surface area contributed by atoms with E-state index in [0.717, 1.165) is 19.5 Å². The molecule has 1 N–H and O–H groups in total. The first kappa shape index (κ1) is 13.1. The molecule has 1 aromatic heterocycles. The van der Waals surface area contributed by atoms with E-state index in [1.54, 1.807) is 0 Å². The summed E-state index contributed by atoms with van der Waals surface area (Å²) in [7, 11) is 0. The number of fused-ring (bicyclic) bond motifs is 1. The SMILES string of the molecule is CC(C)CC1CNCC(c2cc3ccccc3s2)O1. The highest BCUT2D eigenvalue weighted by atomic mass is 32.1. The Balaban J connectivity index is 1.77. The molecule has 2 aromatic rings. The lowest BCUT2D eigenvalue weighted by molar-refractivity contribution is -0.0456. The van der Waals surface area contributed by atoms with Crippen molar-refractivity contribution >= 4 is 21.4 Å². The molecule has 2 nitrogen and oxygen atoms in total. The van der Waals surface area contributed by atoms with Gasteiger partial charge in [-0.05, 0) is 29.9 Å². The molecule has 0 radical (unpaired) electrons. The smallest absolute Gasteiger partial charge is 0.104 e. The summed E-state index contributed by atoms with van der Waals surface area (Å²) in [5, 5.41) is 4.85. The summed E-state index contributed by atoms with van der Waals surface area (Å²) >= 11 is 1.86. The van der Waals surface area contributed by atoms with Crippen molar-refractivity contribution in [3.8, 4) is 0 Å². The van der Waals surface area contributed by atoms with Gasteiger partial charge in [0.2, 0.25) is 0 Å². The van der Waals surface area contributed by atoms with E-state index in [1.165, 1.54) is 15.0 Å². The molecule has 2 atom stereocenters. The van der Waals surface area contributed by atoms with Crippen LogP contribution in [-0.2, 0) is 4.74 Å². The third-order valence-electron chi connectivity index (χ3n) is 3.55. The van der Waals surface area contributed by atoms with Crippen LogP contribution in [0, 0.1) is 5.92 Å². The highest BCUT2D eigenvalue weighted by Gasteiger charge is 2.25. The highest BCUT2D eigenvalue weighted by Crippen LogP contribution is 2.33. The second-order valence-corrected chi connectivity index (χ2v) is 6.84. The number of hydrogen-bond donors (Lipinski definition) is 1. The summed E-state index contributed by atoms with van der Waals surface area (Å²) in [6, 6.07) is 10.8. The molecule has 0 spiro atoms. The Bertz CT molecular complexity index is 515. The Labute approximate surface area is 118 Å². The van der Waals surface area contributed by atoms with Crippen molar-refractivity contribution in [3.63, 3.8) is 0 Å². The number of rotatable bonds is 3. The van der Waals surface area contributed by atoms with Crippen molar-refractivity contribution in [2.75, 3.05) is 13.1 Å². The zero-order valence-electron chi connectivity index (χ0n) is 11.6. The number of nitrogens with one attached hydrogen (secondary N) is 1. The summed E-state index contributed by atoms with van der Waals surface area (Å²) in [4.78, 5) is 1.35. The van der Waals surface area contributed by atoms with E-state index in [0.29, 0.717) is 12.0 Å². The lowest BCUT2D eigenvalue weighted by Gasteiger charge is -2.31. The maximum atomic E-state index is 6.26. The second kappa shape index (κ2) is 5.61. The number of ether oxygens (including phenoxy) is 1. The summed E-state index contributed by atoms with van der Waals surface area (Å²) < 4.78 is 7.61. The number of benzene rings is 1. The van der Waals surface area contributed by atoms with Gasteiger partial charge in [0.05, 0.1) is 6.10 Å². The van der Waals surface area contributed by atoms with Crippen molar-refractivity contribution in [2.24, 2.45) is 5.92 Å². The molecule has 3 heteroatoms. The van der Waals surface area contributed by atoms with Gasteiger partial charge in [0.1, 0.15) is 6.10 Å². The molecule has 1 aliphatic rings. The maximum absolute atomic E-state index is 6.26. The van der Waals surface area contributed by atoms with Crippen molar-refractivity contribution in [1.29, 1.82) is 0 Å². The molecule has 2 heterocycles. The summed E-state index contributed by atoms with van der Waals surface area (Å²) in [6.45, 7) is 6.43. The van der Waals surface area contributed by atoms with E-state index in [-0.39, 0.29) is 6.10 Å². The standard InChI is InChI=1S/C16H21NOS/c1-11(2)7-13-9-17-10-14(18-13)16-8-12-5-3-4-6-15(12)19-16/h3-6,8,11,13-14,17H,7,9-10H2,1-2H3. The van der Waals surface area contributed by atoms with Crippen LogP contribution in [0.15, 0.2) is 30.3 Å². The van der Waals surface area contributed by atoms with E-state index in [1.807, 2.05) is 11.3 Å². The summed E-state index contributed by atoms with van der Waals surface area (Å²) in [5.41, 5.74) is 0. The normalized spacial score (nSPS) is 24.2. The zero-order chi connectivity index (χ0) is 13.2. The van der Waals surface area contributed by atoms with E-state index in [9.17, 15) is 0 Å². The third kappa shape index (κ3) is 2.99. The topological polar surface area (TPSA) is 21.3 Å². The molecular formula is C16H21NOS. The summed E-state index contributed by atoms with van der Waals surface area (Å²) in [5.74, 6) is 0.688. The van der Waals surface area contributed by atoms with Gasteiger partial charge in [-0.25, -0.2) is 0 Å². The first-order valence-corrected chi connectivity index (χ1v) is 7.88. The number of hydrogen-bond acceptors (Lipinski definition) is 3. The van der Waals surface area contributed by atoms with E-state index < -0.39 is 0 Å². The molecule has 1 aliphatic heterocycles. The van der Waals surface area contributed by atoms with Gasteiger partial charge in [0.25, 0.3) is 0 Å². The van der Waals surface area contributed by atoms with Crippen LogP contribution in [0.4, 0.5) is 0 Å². The van der Waals surface area contributed by atoms with Gasteiger partial charge in [-0.3, -0.25) is 0 Å².